The van der Waals surface area contributed by atoms with Gasteiger partial charge in [-0.15, -0.1) is 9.90 Å². The summed E-state index contributed by atoms with van der Waals surface area (Å²) in [6.07, 6.45) is 0. The van der Waals surface area contributed by atoms with Gasteiger partial charge in [-0.3, -0.25) is 0 Å². The summed E-state index contributed by atoms with van der Waals surface area (Å²) >= 11 is 5.87. The van der Waals surface area contributed by atoms with E-state index in [0.29, 0.717) is 16.4 Å². The molecule has 5 heteroatoms. The molecule has 16 heavy (non-hydrogen) atoms. The van der Waals surface area contributed by atoms with Gasteiger partial charge in [0.25, 0.3) is 0 Å². The molecule has 0 fully saturated rings. The van der Waals surface area contributed by atoms with E-state index in [4.69, 9.17) is 16.9 Å². The minimum Gasteiger partial charge on any atom is -0.191 e. The van der Waals surface area contributed by atoms with Crippen molar-refractivity contribution in [3.8, 4) is 11.8 Å². The van der Waals surface area contributed by atoms with Crippen LogP contribution in [0.4, 0.5) is 0 Å². The SMILES string of the molecule is Cc1cc(Cl)ccc1-n1nc(C)c(C#N)n1. The number of aryl methyl sites for hydroxylation is 2. The van der Waals surface area contributed by atoms with Crippen LogP contribution in [-0.4, -0.2) is 15.0 Å². The second-order valence-corrected chi connectivity index (χ2v) is 3.90. The molecule has 2 rings (SSSR count). The Morgan fingerprint density at radius 2 is 2.06 bits per heavy atom. The molecule has 0 amide bonds. The fourth-order valence-electron chi connectivity index (χ4n) is 1.43. The highest BCUT2D eigenvalue weighted by molar-refractivity contribution is 6.30. The highest BCUT2D eigenvalue weighted by Crippen LogP contribution is 2.18. The lowest BCUT2D eigenvalue weighted by Crippen LogP contribution is -2.01. The van der Waals surface area contributed by atoms with E-state index < -0.39 is 0 Å². The van der Waals surface area contributed by atoms with Crippen molar-refractivity contribution >= 4 is 11.6 Å². The van der Waals surface area contributed by atoms with Crippen LogP contribution in [0.1, 0.15) is 17.0 Å². The molecule has 0 saturated carbocycles. The smallest absolute Gasteiger partial charge is 0.186 e. The summed E-state index contributed by atoms with van der Waals surface area (Å²) in [5.74, 6) is 0. The summed E-state index contributed by atoms with van der Waals surface area (Å²) in [6, 6.07) is 7.43. The fraction of sp³-hybridized carbons (Fsp3) is 0.182. The first kappa shape index (κ1) is 10.7. The van der Waals surface area contributed by atoms with Crippen molar-refractivity contribution in [1.82, 2.24) is 15.0 Å². The summed E-state index contributed by atoms with van der Waals surface area (Å²) in [5.41, 5.74) is 2.76. The first-order valence-corrected chi connectivity index (χ1v) is 5.10. The van der Waals surface area contributed by atoms with Gasteiger partial charge in [0.2, 0.25) is 0 Å². The van der Waals surface area contributed by atoms with Crippen LogP contribution in [0.3, 0.4) is 0 Å². The molecule has 1 heterocycles. The van der Waals surface area contributed by atoms with Crippen molar-refractivity contribution in [2.45, 2.75) is 13.8 Å². The Balaban J connectivity index is 2.55. The summed E-state index contributed by atoms with van der Waals surface area (Å²) in [6.45, 7) is 3.68. The number of hydrogen-bond donors (Lipinski definition) is 0. The molecule has 1 aromatic heterocycles. The Bertz CT molecular complexity index is 580. The average molecular weight is 233 g/mol. The highest BCUT2D eigenvalue weighted by Gasteiger charge is 2.09. The van der Waals surface area contributed by atoms with Crippen LogP contribution in [0.2, 0.25) is 5.02 Å². The summed E-state index contributed by atoms with van der Waals surface area (Å²) in [5, 5.41) is 17.7. The van der Waals surface area contributed by atoms with Gasteiger partial charge in [-0.1, -0.05) is 11.6 Å². The van der Waals surface area contributed by atoms with Gasteiger partial charge in [0, 0.05) is 5.02 Å². The van der Waals surface area contributed by atoms with Crippen LogP contribution in [-0.2, 0) is 0 Å². The minimum absolute atomic E-state index is 0.342. The molecule has 0 unspecified atom stereocenters. The first-order chi connectivity index (χ1) is 7.61. The zero-order valence-electron chi connectivity index (χ0n) is 8.90. The number of nitriles is 1. The van der Waals surface area contributed by atoms with E-state index in [1.165, 1.54) is 4.80 Å². The Morgan fingerprint density at radius 1 is 1.31 bits per heavy atom. The topological polar surface area (TPSA) is 54.5 Å². The largest absolute Gasteiger partial charge is 0.191 e. The average Bonchev–Trinajstić information content (AvgIpc) is 2.59. The molecule has 0 atom stereocenters. The minimum atomic E-state index is 0.342. The zero-order valence-corrected chi connectivity index (χ0v) is 9.65. The van der Waals surface area contributed by atoms with Crippen LogP contribution in [0.15, 0.2) is 18.2 Å². The number of aromatic nitrogens is 3. The Labute approximate surface area is 98.1 Å². The molecule has 2 aromatic rings. The third kappa shape index (κ3) is 1.77. The van der Waals surface area contributed by atoms with Gasteiger partial charge in [0.05, 0.1) is 11.4 Å². The Hall–Kier alpha value is -1.86. The summed E-state index contributed by atoms with van der Waals surface area (Å²) in [7, 11) is 0. The van der Waals surface area contributed by atoms with Crippen LogP contribution >= 0.6 is 11.6 Å². The standard InChI is InChI=1S/C11H9ClN4/c1-7-5-9(12)3-4-11(7)16-14-8(2)10(6-13)15-16/h3-5H,1-2H3. The van der Waals surface area contributed by atoms with Crippen LogP contribution in [0, 0.1) is 25.2 Å². The lowest BCUT2D eigenvalue weighted by atomic mass is 10.2. The molecule has 0 radical (unpaired) electrons. The molecule has 0 spiro atoms. The molecule has 0 aliphatic carbocycles. The van der Waals surface area contributed by atoms with Gasteiger partial charge < -0.3 is 0 Å². The van der Waals surface area contributed by atoms with Crippen molar-refractivity contribution in [1.29, 1.82) is 5.26 Å². The van der Waals surface area contributed by atoms with Crippen molar-refractivity contribution in [2.24, 2.45) is 0 Å². The predicted molar refractivity (Wildman–Crippen MR) is 60.6 cm³/mol. The monoisotopic (exact) mass is 232 g/mol. The van der Waals surface area contributed by atoms with Gasteiger partial charge in [0.1, 0.15) is 6.07 Å². The van der Waals surface area contributed by atoms with E-state index in [9.17, 15) is 0 Å². The second-order valence-electron chi connectivity index (χ2n) is 3.47. The third-order valence-corrected chi connectivity index (χ3v) is 2.50. The second kappa shape index (κ2) is 3.95. The number of nitrogens with zero attached hydrogens (tertiary/aromatic N) is 4. The van der Waals surface area contributed by atoms with E-state index >= 15 is 0 Å². The molecule has 1 aromatic carbocycles. The number of halogens is 1. The predicted octanol–water partition coefficient (Wildman–Crippen LogP) is 2.41. The summed E-state index contributed by atoms with van der Waals surface area (Å²) in [4.78, 5) is 1.46. The zero-order chi connectivity index (χ0) is 11.7. The Morgan fingerprint density at radius 3 is 2.62 bits per heavy atom. The molecule has 80 valence electrons. The Kier molecular flexibility index (Phi) is 2.63. The summed E-state index contributed by atoms with van der Waals surface area (Å²) < 4.78 is 0. The fourth-order valence-corrected chi connectivity index (χ4v) is 1.66. The molecule has 4 nitrogen and oxygen atoms in total. The lowest BCUT2D eigenvalue weighted by Gasteiger charge is -2.03. The maximum atomic E-state index is 8.81. The normalized spacial score (nSPS) is 10.1. The highest BCUT2D eigenvalue weighted by atomic mass is 35.5. The molecule has 0 N–H and O–H groups in total. The number of benzene rings is 1. The van der Waals surface area contributed by atoms with Crippen molar-refractivity contribution in [2.75, 3.05) is 0 Å². The van der Waals surface area contributed by atoms with E-state index in [1.807, 2.05) is 25.1 Å². The quantitative estimate of drug-likeness (QED) is 0.759. The van der Waals surface area contributed by atoms with Gasteiger partial charge >= 0.3 is 0 Å². The van der Waals surface area contributed by atoms with E-state index in [0.717, 1.165) is 11.3 Å². The number of rotatable bonds is 1. The lowest BCUT2D eigenvalue weighted by molar-refractivity contribution is 0.739. The van der Waals surface area contributed by atoms with Crippen molar-refractivity contribution in [3.63, 3.8) is 0 Å². The van der Waals surface area contributed by atoms with E-state index in [1.54, 1.807) is 13.0 Å². The maximum Gasteiger partial charge on any atom is 0.186 e. The maximum absolute atomic E-state index is 8.81. The van der Waals surface area contributed by atoms with Gasteiger partial charge in [0.15, 0.2) is 5.69 Å². The van der Waals surface area contributed by atoms with Gasteiger partial charge in [-0.25, -0.2) is 0 Å². The molecule has 0 saturated heterocycles. The van der Waals surface area contributed by atoms with Gasteiger partial charge in [-0.05, 0) is 37.6 Å². The van der Waals surface area contributed by atoms with Crippen LogP contribution in [0.25, 0.3) is 5.69 Å². The van der Waals surface area contributed by atoms with Crippen LogP contribution in [0.5, 0.6) is 0 Å². The third-order valence-electron chi connectivity index (χ3n) is 2.26. The molecule has 0 bridgehead atoms. The number of hydrogen-bond acceptors (Lipinski definition) is 3. The van der Waals surface area contributed by atoms with E-state index in [-0.39, 0.29) is 0 Å². The molecule has 0 aliphatic heterocycles. The molecular formula is C11H9ClN4. The first-order valence-electron chi connectivity index (χ1n) is 4.72. The molecule has 0 aliphatic rings. The van der Waals surface area contributed by atoms with E-state index in [2.05, 4.69) is 10.2 Å². The van der Waals surface area contributed by atoms with Gasteiger partial charge in [-0.2, -0.15) is 10.4 Å². The molecular weight excluding hydrogens is 224 g/mol. The van der Waals surface area contributed by atoms with Crippen LogP contribution < -0.4 is 0 Å². The van der Waals surface area contributed by atoms with Crippen molar-refractivity contribution in [3.05, 3.63) is 40.2 Å². The van der Waals surface area contributed by atoms with Crippen molar-refractivity contribution < 1.29 is 0 Å².